The molecule has 2 aromatic carbocycles. The highest BCUT2D eigenvalue weighted by Crippen LogP contribution is 2.47. The van der Waals surface area contributed by atoms with Crippen LogP contribution in [-0.2, 0) is 14.3 Å². The first-order valence-electron chi connectivity index (χ1n) is 10.6. The molecule has 2 atom stereocenters. The standard InChI is InChI=1S/C24H28N2O3S/c1-17-13-18(2)15-25(14-17)23(27)16-29-24(28)11-12-26-19-7-3-5-9-21(19)30-22-10-6-4-8-20(22)26/h3-10,17-18H,11-16H2,1-2H3/t17-,18-/m1/s1. The number of anilines is 2. The van der Waals surface area contributed by atoms with Crippen LogP contribution in [0.15, 0.2) is 58.3 Å². The summed E-state index contributed by atoms with van der Waals surface area (Å²) < 4.78 is 5.33. The fraction of sp³-hybridized carbons (Fsp3) is 0.417. The molecule has 1 saturated heterocycles. The van der Waals surface area contributed by atoms with Crippen molar-refractivity contribution in [1.29, 1.82) is 0 Å². The van der Waals surface area contributed by atoms with E-state index >= 15 is 0 Å². The fourth-order valence-corrected chi connectivity index (χ4v) is 5.49. The van der Waals surface area contributed by atoms with Crippen LogP contribution in [-0.4, -0.2) is 43.0 Å². The number of rotatable bonds is 5. The van der Waals surface area contributed by atoms with Gasteiger partial charge in [-0.3, -0.25) is 9.59 Å². The zero-order valence-corrected chi connectivity index (χ0v) is 18.4. The Morgan fingerprint density at radius 1 is 0.967 bits per heavy atom. The first-order chi connectivity index (χ1) is 14.5. The molecule has 5 nitrogen and oxygen atoms in total. The molecular weight excluding hydrogens is 396 g/mol. The van der Waals surface area contributed by atoms with E-state index in [9.17, 15) is 9.59 Å². The van der Waals surface area contributed by atoms with Crippen molar-refractivity contribution in [3.63, 3.8) is 0 Å². The molecule has 0 N–H and O–H groups in total. The van der Waals surface area contributed by atoms with Crippen molar-refractivity contribution >= 4 is 35.0 Å². The average molecular weight is 425 g/mol. The van der Waals surface area contributed by atoms with Gasteiger partial charge in [-0.1, -0.05) is 49.9 Å². The summed E-state index contributed by atoms with van der Waals surface area (Å²) in [6.07, 6.45) is 1.37. The molecule has 0 spiro atoms. The van der Waals surface area contributed by atoms with Gasteiger partial charge in [0, 0.05) is 29.4 Å². The van der Waals surface area contributed by atoms with Gasteiger partial charge in [-0.2, -0.15) is 0 Å². The first kappa shape index (κ1) is 20.8. The Morgan fingerprint density at radius 3 is 2.13 bits per heavy atom. The summed E-state index contributed by atoms with van der Waals surface area (Å²) in [6.45, 7) is 6.17. The van der Waals surface area contributed by atoms with Crippen molar-refractivity contribution in [3.8, 4) is 0 Å². The van der Waals surface area contributed by atoms with Gasteiger partial charge in [0.15, 0.2) is 6.61 Å². The average Bonchev–Trinajstić information content (AvgIpc) is 2.74. The minimum Gasteiger partial charge on any atom is -0.456 e. The number of likely N-dealkylation sites (tertiary alicyclic amines) is 1. The monoisotopic (exact) mass is 424 g/mol. The summed E-state index contributed by atoms with van der Waals surface area (Å²) in [7, 11) is 0. The van der Waals surface area contributed by atoms with Crippen molar-refractivity contribution in [1.82, 2.24) is 4.90 Å². The number of hydrogen-bond donors (Lipinski definition) is 0. The lowest BCUT2D eigenvalue weighted by Crippen LogP contribution is -2.44. The van der Waals surface area contributed by atoms with Crippen LogP contribution >= 0.6 is 11.8 Å². The summed E-state index contributed by atoms with van der Waals surface area (Å²) in [4.78, 5) is 31.2. The predicted octanol–water partition coefficient (Wildman–Crippen LogP) is 4.73. The van der Waals surface area contributed by atoms with Crippen LogP contribution in [0.2, 0.25) is 0 Å². The predicted molar refractivity (Wildman–Crippen MR) is 119 cm³/mol. The number of carbonyl (C=O) groups excluding carboxylic acids is 2. The van der Waals surface area contributed by atoms with Crippen LogP contribution in [0, 0.1) is 11.8 Å². The van der Waals surface area contributed by atoms with E-state index in [1.165, 1.54) is 9.79 Å². The van der Waals surface area contributed by atoms with Gasteiger partial charge in [-0.15, -0.1) is 0 Å². The zero-order chi connectivity index (χ0) is 21.1. The minimum absolute atomic E-state index is 0.0909. The normalized spacial score (nSPS) is 20.3. The van der Waals surface area contributed by atoms with Crippen LogP contribution in [0.1, 0.15) is 26.7 Å². The lowest BCUT2D eigenvalue weighted by molar-refractivity contribution is -0.153. The van der Waals surface area contributed by atoms with Crippen molar-refractivity contribution in [3.05, 3.63) is 48.5 Å². The molecule has 30 heavy (non-hydrogen) atoms. The molecular formula is C24H28N2O3S. The van der Waals surface area contributed by atoms with Crippen LogP contribution in [0.5, 0.6) is 0 Å². The highest BCUT2D eigenvalue weighted by molar-refractivity contribution is 7.99. The molecule has 0 aliphatic carbocycles. The number of esters is 1. The van der Waals surface area contributed by atoms with Gasteiger partial charge >= 0.3 is 5.97 Å². The van der Waals surface area contributed by atoms with E-state index in [1.54, 1.807) is 11.8 Å². The Labute approximate surface area is 182 Å². The third kappa shape index (κ3) is 4.64. The molecule has 4 rings (SSSR count). The van der Waals surface area contributed by atoms with E-state index in [0.29, 0.717) is 18.4 Å². The molecule has 0 bridgehead atoms. The molecule has 1 amide bonds. The van der Waals surface area contributed by atoms with Gasteiger partial charge in [0.1, 0.15) is 0 Å². The molecule has 0 radical (unpaired) electrons. The number of carbonyl (C=O) groups is 2. The van der Waals surface area contributed by atoms with E-state index in [-0.39, 0.29) is 24.9 Å². The number of amides is 1. The molecule has 2 heterocycles. The molecule has 0 unspecified atom stereocenters. The van der Waals surface area contributed by atoms with Gasteiger partial charge in [0.25, 0.3) is 5.91 Å². The number of fused-ring (bicyclic) bond motifs is 2. The summed E-state index contributed by atoms with van der Waals surface area (Å²) >= 11 is 1.74. The van der Waals surface area contributed by atoms with Crippen LogP contribution in [0.3, 0.4) is 0 Å². The largest absolute Gasteiger partial charge is 0.456 e. The zero-order valence-electron chi connectivity index (χ0n) is 17.5. The van der Waals surface area contributed by atoms with Gasteiger partial charge < -0.3 is 14.5 Å². The van der Waals surface area contributed by atoms with Crippen molar-refractivity contribution in [2.75, 3.05) is 31.1 Å². The Balaban J connectivity index is 1.35. The Hall–Kier alpha value is -2.47. The van der Waals surface area contributed by atoms with E-state index in [2.05, 4.69) is 43.0 Å². The van der Waals surface area contributed by atoms with Gasteiger partial charge in [-0.25, -0.2) is 0 Å². The molecule has 1 fully saturated rings. The summed E-state index contributed by atoms with van der Waals surface area (Å²) in [6, 6.07) is 16.4. The highest BCUT2D eigenvalue weighted by atomic mass is 32.2. The second kappa shape index (κ2) is 9.13. The molecule has 0 saturated carbocycles. The topological polar surface area (TPSA) is 49.9 Å². The van der Waals surface area contributed by atoms with Crippen molar-refractivity contribution in [2.45, 2.75) is 36.5 Å². The van der Waals surface area contributed by atoms with E-state index in [1.807, 2.05) is 29.2 Å². The van der Waals surface area contributed by atoms with Crippen molar-refractivity contribution < 1.29 is 14.3 Å². The summed E-state index contributed by atoms with van der Waals surface area (Å²) in [5, 5.41) is 0. The van der Waals surface area contributed by atoms with Gasteiger partial charge in [-0.05, 0) is 42.5 Å². The second-order valence-electron chi connectivity index (χ2n) is 8.34. The lowest BCUT2D eigenvalue weighted by Gasteiger charge is -2.34. The number of hydrogen-bond acceptors (Lipinski definition) is 5. The molecule has 0 aromatic heterocycles. The highest BCUT2D eigenvalue weighted by Gasteiger charge is 2.27. The molecule has 2 aliphatic heterocycles. The SMILES string of the molecule is C[C@@H]1C[C@@H](C)CN(C(=O)COC(=O)CCN2c3ccccc3Sc3ccccc32)C1. The van der Waals surface area contributed by atoms with E-state index in [4.69, 9.17) is 4.74 Å². The Kier molecular flexibility index (Phi) is 6.32. The maximum absolute atomic E-state index is 12.5. The fourth-order valence-electron chi connectivity index (χ4n) is 4.40. The number of ether oxygens (including phenoxy) is 1. The minimum atomic E-state index is -0.338. The smallest absolute Gasteiger partial charge is 0.308 e. The second-order valence-corrected chi connectivity index (χ2v) is 9.43. The number of para-hydroxylation sites is 2. The Morgan fingerprint density at radius 2 is 1.53 bits per heavy atom. The third-order valence-electron chi connectivity index (χ3n) is 5.65. The van der Waals surface area contributed by atoms with Gasteiger partial charge in [0.05, 0.1) is 17.8 Å². The number of piperidine rings is 1. The van der Waals surface area contributed by atoms with Crippen molar-refractivity contribution in [2.24, 2.45) is 11.8 Å². The quantitative estimate of drug-likeness (QED) is 0.650. The van der Waals surface area contributed by atoms with Crippen LogP contribution in [0.25, 0.3) is 0 Å². The van der Waals surface area contributed by atoms with E-state index in [0.717, 1.165) is 30.9 Å². The maximum atomic E-state index is 12.5. The van der Waals surface area contributed by atoms with Crippen LogP contribution < -0.4 is 4.90 Å². The van der Waals surface area contributed by atoms with E-state index < -0.39 is 0 Å². The number of nitrogens with zero attached hydrogens (tertiary/aromatic N) is 2. The lowest BCUT2D eigenvalue weighted by atomic mass is 9.92. The third-order valence-corrected chi connectivity index (χ3v) is 6.78. The molecule has 2 aliphatic rings. The summed E-state index contributed by atoms with van der Waals surface area (Å²) in [5.74, 6) is 0.553. The van der Waals surface area contributed by atoms with Crippen LogP contribution in [0.4, 0.5) is 11.4 Å². The molecule has 6 heteroatoms. The maximum Gasteiger partial charge on any atom is 0.308 e. The first-order valence-corrected chi connectivity index (χ1v) is 11.4. The number of benzene rings is 2. The Bertz CT molecular complexity index is 877. The van der Waals surface area contributed by atoms with Gasteiger partial charge in [0.2, 0.25) is 0 Å². The molecule has 2 aromatic rings. The molecule has 158 valence electrons. The summed E-state index contributed by atoms with van der Waals surface area (Å²) in [5.41, 5.74) is 2.20.